The predicted octanol–water partition coefficient (Wildman–Crippen LogP) is 0.302. The number of hydrogen-bond acceptors (Lipinski definition) is 7. The van der Waals surface area contributed by atoms with Crippen molar-refractivity contribution in [2.24, 2.45) is 40.4 Å². The number of nitrogens with two attached hydrogens (primary N) is 3. The quantitative estimate of drug-likeness (QED) is 0.476. The normalized spacial score (nSPS) is 42.7. The third-order valence-electron chi connectivity index (χ3n) is 8.81. The molecule has 6 fully saturated rings. The van der Waals surface area contributed by atoms with Crippen molar-refractivity contribution in [2.45, 2.75) is 94.0 Å². The molecule has 4 bridgehead atoms. The Morgan fingerprint density at radius 2 is 1.78 bits per heavy atom. The van der Waals surface area contributed by atoms with Crippen molar-refractivity contribution < 1.29 is 19.1 Å². The van der Waals surface area contributed by atoms with Crippen LogP contribution < -0.4 is 17.2 Å². The number of rotatable bonds is 7. The van der Waals surface area contributed by atoms with Gasteiger partial charge in [-0.15, -0.1) is 0 Å². The highest BCUT2D eigenvalue weighted by Crippen LogP contribution is 2.64. The van der Waals surface area contributed by atoms with Gasteiger partial charge in [0.15, 0.2) is 0 Å². The molecule has 6 rings (SSSR count). The van der Waals surface area contributed by atoms with Crippen LogP contribution >= 0.6 is 0 Å². The van der Waals surface area contributed by atoms with Crippen molar-refractivity contribution >= 4 is 17.8 Å². The molecule has 6 N–H and O–H groups in total. The van der Waals surface area contributed by atoms with Gasteiger partial charge >= 0.3 is 5.97 Å². The Bertz CT molecular complexity index is 870. The fraction of sp³-hybridized carbons (Fsp3) is 0.826. The van der Waals surface area contributed by atoms with Crippen LogP contribution in [0, 0.1) is 34.5 Å². The van der Waals surface area contributed by atoms with Gasteiger partial charge < -0.3 is 26.8 Å². The maximum atomic E-state index is 13.5. The lowest BCUT2D eigenvalue weighted by molar-refractivity contribution is -0.207. The van der Waals surface area contributed by atoms with E-state index < -0.39 is 35.0 Å². The summed E-state index contributed by atoms with van der Waals surface area (Å²) in [6, 6.07) is 0.495. The van der Waals surface area contributed by atoms with Crippen LogP contribution in [0.1, 0.15) is 64.2 Å². The number of piperidine rings is 1. The van der Waals surface area contributed by atoms with E-state index in [9.17, 15) is 19.6 Å². The van der Waals surface area contributed by atoms with E-state index in [4.69, 9.17) is 21.9 Å². The van der Waals surface area contributed by atoms with E-state index in [1.54, 1.807) is 4.90 Å². The lowest BCUT2D eigenvalue weighted by Gasteiger charge is -2.62. The Balaban J connectivity index is 1.33. The average Bonchev–Trinajstić information content (AvgIpc) is 3.39. The molecule has 5 saturated carbocycles. The van der Waals surface area contributed by atoms with Gasteiger partial charge in [0.2, 0.25) is 11.8 Å². The lowest BCUT2D eigenvalue weighted by atomic mass is 9.46. The topological polar surface area (TPSA) is 166 Å². The van der Waals surface area contributed by atoms with Crippen molar-refractivity contribution in [1.82, 2.24) is 4.90 Å². The molecule has 0 aromatic carbocycles. The van der Waals surface area contributed by atoms with E-state index in [1.165, 1.54) is 0 Å². The zero-order chi connectivity index (χ0) is 22.8. The highest BCUT2D eigenvalue weighted by Gasteiger charge is 2.64. The summed E-state index contributed by atoms with van der Waals surface area (Å²) in [5.74, 6) is 0.0622. The Kier molecular flexibility index (Phi) is 5.02. The minimum atomic E-state index is -0.894. The van der Waals surface area contributed by atoms with Crippen LogP contribution in [0.3, 0.4) is 0 Å². The summed E-state index contributed by atoms with van der Waals surface area (Å²) in [5.41, 5.74) is 16.8. The molecule has 7 unspecified atom stereocenters. The zero-order valence-electron chi connectivity index (χ0n) is 18.4. The molecule has 2 amide bonds. The second-order valence-electron chi connectivity index (χ2n) is 11.2. The average molecular weight is 444 g/mol. The number of amides is 2. The van der Waals surface area contributed by atoms with Gasteiger partial charge in [0.05, 0.1) is 12.1 Å². The zero-order valence-corrected chi connectivity index (χ0v) is 18.4. The summed E-state index contributed by atoms with van der Waals surface area (Å²) in [7, 11) is 0. The van der Waals surface area contributed by atoms with E-state index in [2.05, 4.69) is 6.07 Å². The molecule has 0 spiro atoms. The summed E-state index contributed by atoms with van der Waals surface area (Å²) in [4.78, 5) is 39.1. The molecule has 1 aliphatic heterocycles. The van der Waals surface area contributed by atoms with Crippen molar-refractivity contribution in [3.8, 4) is 6.07 Å². The third kappa shape index (κ3) is 3.48. The van der Waals surface area contributed by atoms with Gasteiger partial charge in [0, 0.05) is 12.5 Å². The number of hydrogen-bond donors (Lipinski definition) is 3. The van der Waals surface area contributed by atoms with Crippen LogP contribution in [0.25, 0.3) is 0 Å². The number of fused-ring (bicyclic) bond motifs is 1. The molecule has 0 aromatic rings. The highest BCUT2D eigenvalue weighted by molar-refractivity contribution is 5.84. The van der Waals surface area contributed by atoms with Crippen LogP contribution in [-0.2, 0) is 19.1 Å². The monoisotopic (exact) mass is 443 g/mol. The molecular formula is C23H33N5O4. The molecule has 0 radical (unpaired) electrons. The second-order valence-corrected chi connectivity index (χ2v) is 11.2. The molecular weight excluding hydrogens is 410 g/mol. The molecule has 6 aliphatic rings. The first-order chi connectivity index (χ1) is 15.2. The van der Waals surface area contributed by atoms with Gasteiger partial charge in [-0.1, -0.05) is 0 Å². The van der Waals surface area contributed by atoms with E-state index >= 15 is 0 Å². The van der Waals surface area contributed by atoms with Crippen molar-refractivity contribution in [2.75, 3.05) is 0 Å². The first kappa shape index (κ1) is 21.7. The number of primary amides is 1. The molecule has 32 heavy (non-hydrogen) atoms. The van der Waals surface area contributed by atoms with Crippen molar-refractivity contribution in [3.05, 3.63) is 0 Å². The van der Waals surface area contributed by atoms with Gasteiger partial charge in [0.25, 0.3) is 0 Å². The van der Waals surface area contributed by atoms with E-state index in [1.807, 2.05) is 0 Å². The van der Waals surface area contributed by atoms with E-state index in [-0.39, 0.29) is 30.8 Å². The van der Waals surface area contributed by atoms with Gasteiger partial charge in [-0.3, -0.25) is 14.4 Å². The smallest absolute Gasteiger partial charge is 0.323 e. The number of carbonyl (C=O) groups excluding carboxylic acids is 3. The summed E-state index contributed by atoms with van der Waals surface area (Å²) < 4.78 is 6.05. The van der Waals surface area contributed by atoms with E-state index in [0.717, 1.165) is 44.9 Å². The van der Waals surface area contributed by atoms with Crippen LogP contribution in [0.4, 0.5) is 0 Å². The number of esters is 1. The Morgan fingerprint density at radius 1 is 1.09 bits per heavy atom. The maximum Gasteiger partial charge on any atom is 0.323 e. The van der Waals surface area contributed by atoms with Gasteiger partial charge in [-0.05, 0) is 81.0 Å². The number of carbonyl (C=O) groups is 3. The van der Waals surface area contributed by atoms with Crippen LogP contribution in [-0.4, -0.2) is 52.5 Å². The fourth-order valence-corrected chi connectivity index (χ4v) is 7.75. The largest absolute Gasteiger partial charge is 0.458 e. The van der Waals surface area contributed by atoms with Crippen LogP contribution in [0.15, 0.2) is 0 Å². The third-order valence-corrected chi connectivity index (χ3v) is 8.81. The molecule has 174 valence electrons. The molecule has 5 aliphatic carbocycles. The number of nitriles is 1. The summed E-state index contributed by atoms with van der Waals surface area (Å²) in [6.07, 6.45) is 6.83. The molecule has 9 heteroatoms. The summed E-state index contributed by atoms with van der Waals surface area (Å²) in [5, 5.41) is 9.53. The highest BCUT2D eigenvalue weighted by atomic mass is 16.6. The number of nitrogens with zero attached hydrogens (tertiary/aromatic N) is 2. The fourth-order valence-electron chi connectivity index (χ4n) is 7.75. The molecule has 1 saturated heterocycles. The van der Waals surface area contributed by atoms with Gasteiger partial charge in [-0.25, -0.2) is 0 Å². The number of ether oxygens (including phenoxy) is 1. The maximum absolute atomic E-state index is 13.5. The SMILES string of the molecule is N#CC1CC2CC2N1C(=O)C(N)C12CC3CC(CC(OC(=O)C(N)CCC(N)=O)(C3)C1)C2. The van der Waals surface area contributed by atoms with Gasteiger partial charge in [0.1, 0.15) is 17.7 Å². The first-order valence-corrected chi connectivity index (χ1v) is 11.9. The van der Waals surface area contributed by atoms with Crippen molar-refractivity contribution in [1.29, 1.82) is 5.26 Å². The Hall–Kier alpha value is -2.18. The summed E-state index contributed by atoms with van der Waals surface area (Å²) >= 11 is 0. The lowest BCUT2D eigenvalue weighted by Crippen LogP contribution is -2.66. The second kappa shape index (κ2) is 7.42. The van der Waals surface area contributed by atoms with Crippen LogP contribution in [0.2, 0.25) is 0 Å². The van der Waals surface area contributed by atoms with Crippen molar-refractivity contribution in [3.63, 3.8) is 0 Å². The van der Waals surface area contributed by atoms with Crippen LogP contribution in [0.5, 0.6) is 0 Å². The Morgan fingerprint density at radius 3 is 2.41 bits per heavy atom. The minimum absolute atomic E-state index is 0.0376. The molecule has 0 aromatic heterocycles. The first-order valence-electron chi connectivity index (χ1n) is 11.9. The Labute approximate surface area is 188 Å². The minimum Gasteiger partial charge on any atom is -0.458 e. The molecule has 9 nitrogen and oxygen atoms in total. The van der Waals surface area contributed by atoms with E-state index in [0.29, 0.717) is 24.2 Å². The molecule has 1 heterocycles. The standard InChI is InChI=1S/C23H33N5O4/c24-10-15-4-14-5-17(14)28(15)20(30)19(27)22-6-12-3-13(7-22)9-23(8-12,11-22)32-21(31)16(25)1-2-18(26)29/h12-17,19H,1-9,11,25,27H2,(H2,26,29). The summed E-state index contributed by atoms with van der Waals surface area (Å²) in [6.45, 7) is 0. The van der Waals surface area contributed by atoms with Gasteiger partial charge in [-0.2, -0.15) is 5.26 Å². The predicted molar refractivity (Wildman–Crippen MR) is 113 cm³/mol. The number of likely N-dealkylation sites (tertiary alicyclic amines) is 1. The molecule has 7 atom stereocenters.